The van der Waals surface area contributed by atoms with Crippen molar-refractivity contribution in [2.45, 2.75) is 13.3 Å². The molecule has 1 unspecified atom stereocenters. The van der Waals surface area contributed by atoms with E-state index in [4.69, 9.17) is 5.11 Å². The molecule has 0 saturated heterocycles. The van der Waals surface area contributed by atoms with Gasteiger partial charge in [0.1, 0.15) is 5.69 Å². The van der Waals surface area contributed by atoms with Crippen LogP contribution in [-0.2, 0) is 9.59 Å². The van der Waals surface area contributed by atoms with Gasteiger partial charge in [-0.05, 0) is 6.92 Å². The van der Waals surface area contributed by atoms with E-state index < -0.39 is 47.4 Å². The van der Waals surface area contributed by atoms with E-state index in [1.807, 2.05) is 0 Å². The van der Waals surface area contributed by atoms with Crippen LogP contribution in [0.2, 0.25) is 0 Å². The number of carbonyl (C=O) groups excluding carboxylic acids is 1. The number of carbonyl (C=O) groups is 2. The van der Waals surface area contributed by atoms with E-state index in [2.05, 4.69) is 5.10 Å². The quantitative estimate of drug-likeness (QED) is 0.863. The van der Waals surface area contributed by atoms with E-state index in [9.17, 15) is 22.8 Å². The van der Waals surface area contributed by atoms with Crippen LogP contribution in [0, 0.1) is 23.4 Å². The van der Waals surface area contributed by atoms with Crippen molar-refractivity contribution in [2.75, 3.05) is 5.01 Å². The number of aliphatic carboxylic acids is 1. The Morgan fingerprint density at radius 2 is 1.90 bits per heavy atom. The Balaban J connectivity index is 2.38. The molecular formula is C12H9F3N2O3. The number of rotatable bonds is 3. The second kappa shape index (κ2) is 4.95. The molecule has 5 nitrogen and oxygen atoms in total. The summed E-state index contributed by atoms with van der Waals surface area (Å²) < 4.78 is 39.5. The number of carboxylic acids is 1. The first-order valence-electron chi connectivity index (χ1n) is 5.56. The van der Waals surface area contributed by atoms with Crippen LogP contribution < -0.4 is 5.01 Å². The van der Waals surface area contributed by atoms with E-state index in [0.29, 0.717) is 17.1 Å². The van der Waals surface area contributed by atoms with Gasteiger partial charge in [-0.3, -0.25) is 9.59 Å². The molecule has 1 aromatic rings. The van der Waals surface area contributed by atoms with Crippen molar-refractivity contribution in [3.8, 4) is 0 Å². The molecule has 1 N–H and O–H groups in total. The normalized spacial score (nSPS) is 18.4. The van der Waals surface area contributed by atoms with Gasteiger partial charge in [0.25, 0.3) is 5.91 Å². The molecule has 8 heteroatoms. The van der Waals surface area contributed by atoms with Gasteiger partial charge in [0.15, 0.2) is 17.5 Å². The maximum absolute atomic E-state index is 13.6. The van der Waals surface area contributed by atoms with Gasteiger partial charge in [-0.1, -0.05) is 0 Å². The van der Waals surface area contributed by atoms with Crippen LogP contribution in [0.15, 0.2) is 17.2 Å². The van der Waals surface area contributed by atoms with Crippen molar-refractivity contribution in [3.05, 3.63) is 29.6 Å². The van der Waals surface area contributed by atoms with Gasteiger partial charge in [-0.15, -0.1) is 0 Å². The Morgan fingerprint density at radius 3 is 2.50 bits per heavy atom. The molecule has 1 aliphatic heterocycles. The number of anilines is 1. The SMILES string of the molecule is CC1=NN(c2cc(F)c(F)cc2F)C(=O)C1CC(=O)O. The third-order valence-electron chi connectivity index (χ3n) is 2.87. The fraction of sp³-hybridized carbons (Fsp3) is 0.250. The number of amides is 1. The molecule has 1 aliphatic rings. The number of halogens is 3. The van der Waals surface area contributed by atoms with Crippen LogP contribution in [-0.4, -0.2) is 22.7 Å². The van der Waals surface area contributed by atoms with Crippen LogP contribution in [0.25, 0.3) is 0 Å². The Labute approximate surface area is 111 Å². The van der Waals surface area contributed by atoms with E-state index in [-0.39, 0.29) is 5.71 Å². The third-order valence-corrected chi connectivity index (χ3v) is 2.87. The molecule has 2 rings (SSSR count). The minimum Gasteiger partial charge on any atom is -0.481 e. The summed E-state index contributed by atoms with van der Waals surface area (Å²) in [6.07, 6.45) is -0.504. The van der Waals surface area contributed by atoms with Gasteiger partial charge >= 0.3 is 5.97 Å². The lowest BCUT2D eigenvalue weighted by Crippen LogP contribution is -2.29. The van der Waals surface area contributed by atoms with E-state index in [1.165, 1.54) is 6.92 Å². The first-order valence-corrected chi connectivity index (χ1v) is 5.56. The molecule has 106 valence electrons. The molecule has 0 saturated carbocycles. The van der Waals surface area contributed by atoms with E-state index >= 15 is 0 Å². The highest BCUT2D eigenvalue weighted by molar-refractivity contribution is 6.16. The average Bonchev–Trinajstić information content (AvgIpc) is 2.61. The maximum Gasteiger partial charge on any atom is 0.304 e. The highest BCUT2D eigenvalue weighted by atomic mass is 19.2. The number of hydrogen-bond donors (Lipinski definition) is 1. The zero-order chi connectivity index (χ0) is 15.0. The van der Waals surface area contributed by atoms with Gasteiger partial charge in [-0.2, -0.15) is 10.1 Å². The molecule has 0 aromatic heterocycles. The summed E-state index contributed by atoms with van der Waals surface area (Å²) in [5, 5.41) is 13.0. The zero-order valence-corrected chi connectivity index (χ0v) is 10.2. The lowest BCUT2D eigenvalue weighted by Gasteiger charge is -2.14. The molecule has 0 bridgehead atoms. The standard InChI is InChI=1S/C12H9F3N2O3/c1-5-6(2-11(18)19)12(20)17(16-5)10-4-8(14)7(13)3-9(10)15/h3-4,6H,2H2,1H3,(H,18,19). The summed E-state index contributed by atoms with van der Waals surface area (Å²) in [7, 11) is 0. The molecular weight excluding hydrogens is 277 g/mol. The summed E-state index contributed by atoms with van der Waals surface area (Å²) in [4.78, 5) is 22.6. The van der Waals surface area contributed by atoms with Crippen LogP contribution in [0.3, 0.4) is 0 Å². The number of hydrazone groups is 1. The second-order valence-electron chi connectivity index (χ2n) is 4.26. The number of benzene rings is 1. The minimum absolute atomic E-state index is 0.168. The number of hydrogen-bond acceptors (Lipinski definition) is 3. The third kappa shape index (κ3) is 2.36. The highest BCUT2D eigenvalue weighted by Crippen LogP contribution is 2.29. The predicted molar refractivity (Wildman–Crippen MR) is 62.7 cm³/mol. The van der Waals surface area contributed by atoms with Crippen molar-refractivity contribution in [1.82, 2.24) is 0 Å². The van der Waals surface area contributed by atoms with Gasteiger partial charge < -0.3 is 5.11 Å². The van der Waals surface area contributed by atoms with Crippen LogP contribution in [0.4, 0.5) is 18.9 Å². The Bertz CT molecular complexity index is 631. The summed E-state index contributed by atoms with van der Waals surface area (Å²) >= 11 is 0. The topological polar surface area (TPSA) is 70.0 Å². The fourth-order valence-corrected chi connectivity index (χ4v) is 1.86. The number of carboxylic acid groups (broad SMARTS) is 1. The molecule has 1 heterocycles. The minimum atomic E-state index is -1.39. The first-order chi connectivity index (χ1) is 9.31. The summed E-state index contributed by atoms with van der Waals surface area (Å²) in [6.45, 7) is 1.41. The van der Waals surface area contributed by atoms with Gasteiger partial charge in [0.2, 0.25) is 0 Å². The van der Waals surface area contributed by atoms with E-state index in [1.54, 1.807) is 0 Å². The Morgan fingerprint density at radius 1 is 1.30 bits per heavy atom. The molecule has 1 atom stereocenters. The van der Waals surface area contributed by atoms with E-state index in [0.717, 1.165) is 0 Å². The molecule has 0 fully saturated rings. The molecule has 1 amide bonds. The predicted octanol–water partition coefficient (Wildman–Crippen LogP) is 1.92. The molecule has 20 heavy (non-hydrogen) atoms. The summed E-state index contributed by atoms with van der Waals surface area (Å²) in [5.41, 5.74) is -0.386. The van der Waals surface area contributed by atoms with Crippen molar-refractivity contribution >= 4 is 23.3 Å². The van der Waals surface area contributed by atoms with Crippen molar-refractivity contribution in [1.29, 1.82) is 0 Å². The van der Waals surface area contributed by atoms with Crippen LogP contribution in [0.1, 0.15) is 13.3 Å². The van der Waals surface area contributed by atoms with Crippen molar-refractivity contribution in [3.63, 3.8) is 0 Å². The second-order valence-corrected chi connectivity index (χ2v) is 4.26. The van der Waals surface area contributed by atoms with Gasteiger partial charge in [-0.25, -0.2) is 13.2 Å². The van der Waals surface area contributed by atoms with Gasteiger partial charge in [0.05, 0.1) is 12.3 Å². The molecule has 0 aliphatic carbocycles. The lowest BCUT2D eigenvalue weighted by molar-refractivity contribution is -0.139. The van der Waals surface area contributed by atoms with Crippen LogP contribution >= 0.6 is 0 Å². The largest absolute Gasteiger partial charge is 0.481 e. The van der Waals surface area contributed by atoms with Crippen molar-refractivity contribution in [2.24, 2.45) is 11.0 Å². The monoisotopic (exact) mass is 286 g/mol. The first kappa shape index (κ1) is 14.0. The maximum atomic E-state index is 13.6. The summed E-state index contributed by atoms with van der Waals surface area (Å²) in [5.74, 6) is -6.94. The zero-order valence-electron chi connectivity index (χ0n) is 10.2. The van der Waals surface area contributed by atoms with Crippen molar-refractivity contribution < 1.29 is 27.9 Å². The Kier molecular flexibility index (Phi) is 3.47. The lowest BCUT2D eigenvalue weighted by atomic mass is 10.0. The highest BCUT2D eigenvalue weighted by Gasteiger charge is 2.37. The van der Waals surface area contributed by atoms with Crippen LogP contribution in [0.5, 0.6) is 0 Å². The smallest absolute Gasteiger partial charge is 0.304 e. The fourth-order valence-electron chi connectivity index (χ4n) is 1.86. The van der Waals surface area contributed by atoms with Gasteiger partial charge in [0, 0.05) is 17.8 Å². The molecule has 0 spiro atoms. The number of nitrogens with zero attached hydrogens (tertiary/aromatic N) is 2. The molecule has 1 aromatic carbocycles. The summed E-state index contributed by atoms with van der Waals surface area (Å²) in [6, 6.07) is 0.801. The Hall–Kier alpha value is -2.38. The average molecular weight is 286 g/mol. The molecule has 0 radical (unpaired) electrons.